The first-order chi connectivity index (χ1) is 16.9. The second-order valence-corrected chi connectivity index (χ2v) is 10.5. The second-order valence-electron chi connectivity index (χ2n) is 9.59. The molecule has 0 bridgehead atoms. The van der Waals surface area contributed by atoms with Gasteiger partial charge in [0.05, 0.1) is 10.6 Å². The minimum absolute atomic E-state index is 0.234. The number of fused-ring (bicyclic) bond motifs is 1. The lowest BCUT2D eigenvalue weighted by Crippen LogP contribution is -2.39. The van der Waals surface area contributed by atoms with Crippen LogP contribution in [0.2, 0.25) is 0 Å². The normalized spacial score (nSPS) is 13.8. The minimum atomic E-state index is -4.40. The number of thiazole rings is 1. The van der Waals surface area contributed by atoms with Gasteiger partial charge < -0.3 is 15.0 Å². The van der Waals surface area contributed by atoms with Gasteiger partial charge in [-0.1, -0.05) is 24.3 Å². The Morgan fingerprint density at radius 3 is 2.61 bits per heavy atom. The van der Waals surface area contributed by atoms with Crippen LogP contribution in [0.5, 0.6) is 0 Å². The van der Waals surface area contributed by atoms with Gasteiger partial charge >= 0.3 is 12.3 Å². The van der Waals surface area contributed by atoms with Gasteiger partial charge in [-0.2, -0.15) is 13.2 Å². The quantitative estimate of drug-likeness (QED) is 0.441. The molecular formula is C26H26F3N3O3S. The van der Waals surface area contributed by atoms with Crippen LogP contribution in [0.4, 0.5) is 23.8 Å². The van der Waals surface area contributed by atoms with E-state index in [-0.39, 0.29) is 18.4 Å². The number of rotatable bonds is 4. The van der Waals surface area contributed by atoms with Gasteiger partial charge in [0.25, 0.3) is 5.91 Å². The molecule has 0 spiro atoms. The van der Waals surface area contributed by atoms with Crippen LogP contribution >= 0.6 is 11.3 Å². The van der Waals surface area contributed by atoms with Crippen molar-refractivity contribution in [1.82, 2.24) is 9.88 Å². The molecule has 0 atom stereocenters. The van der Waals surface area contributed by atoms with Gasteiger partial charge in [-0.3, -0.25) is 4.79 Å². The molecule has 1 aliphatic heterocycles. The zero-order chi connectivity index (χ0) is 26.1. The zero-order valence-electron chi connectivity index (χ0n) is 20.1. The molecule has 0 radical (unpaired) electrons. The highest BCUT2D eigenvalue weighted by Crippen LogP contribution is 2.30. The van der Waals surface area contributed by atoms with Crippen LogP contribution in [0.3, 0.4) is 0 Å². The molecule has 2 amide bonds. The molecule has 10 heteroatoms. The summed E-state index contributed by atoms with van der Waals surface area (Å²) in [4.78, 5) is 31.2. The number of benzene rings is 2. The molecule has 0 unspecified atom stereocenters. The van der Waals surface area contributed by atoms with Crippen LogP contribution < -0.4 is 5.32 Å². The highest BCUT2D eigenvalue weighted by Gasteiger charge is 2.30. The number of ether oxygens (including phenoxy) is 1. The fourth-order valence-electron chi connectivity index (χ4n) is 3.85. The Bertz CT molecular complexity index is 1280. The van der Waals surface area contributed by atoms with Crippen LogP contribution in [-0.4, -0.2) is 34.0 Å². The number of nitrogens with one attached hydrogen (secondary N) is 1. The lowest BCUT2D eigenvalue weighted by atomic mass is 9.97. The van der Waals surface area contributed by atoms with Crippen molar-refractivity contribution in [2.24, 2.45) is 0 Å². The average Bonchev–Trinajstić information content (AvgIpc) is 3.23. The second kappa shape index (κ2) is 9.93. The summed E-state index contributed by atoms with van der Waals surface area (Å²) in [6, 6.07) is 10.5. The molecule has 36 heavy (non-hydrogen) atoms. The molecule has 3 aromatic rings. The molecular weight excluding hydrogens is 491 g/mol. The van der Waals surface area contributed by atoms with E-state index in [0.29, 0.717) is 41.5 Å². The van der Waals surface area contributed by atoms with Crippen LogP contribution in [0.1, 0.15) is 58.4 Å². The molecule has 0 saturated heterocycles. The molecule has 2 heterocycles. The largest absolute Gasteiger partial charge is 0.444 e. The number of aromatic nitrogens is 1. The number of carbonyl (C=O) groups excluding carboxylic acids is 2. The maximum Gasteiger partial charge on any atom is 0.416 e. The number of alkyl halides is 3. The maximum absolute atomic E-state index is 13.0. The van der Waals surface area contributed by atoms with Crippen LogP contribution in [0.15, 0.2) is 47.8 Å². The Morgan fingerprint density at radius 2 is 1.89 bits per heavy atom. The third-order valence-corrected chi connectivity index (χ3v) is 6.38. The van der Waals surface area contributed by atoms with Gasteiger partial charge in [0.1, 0.15) is 11.4 Å². The van der Waals surface area contributed by atoms with Crippen molar-refractivity contribution in [2.75, 3.05) is 11.9 Å². The van der Waals surface area contributed by atoms with Crippen LogP contribution in [0, 0.1) is 0 Å². The summed E-state index contributed by atoms with van der Waals surface area (Å²) in [7, 11) is 0. The van der Waals surface area contributed by atoms with Gasteiger partial charge in [0, 0.05) is 30.5 Å². The molecule has 0 saturated carbocycles. The van der Waals surface area contributed by atoms with E-state index >= 15 is 0 Å². The SMILES string of the molecule is CC(C)(C)OC(=O)N1CCc2cc(C(=O)Nc3csc(Cc4cccc(C(F)(F)F)c4)n3)ccc2C1. The summed E-state index contributed by atoms with van der Waals surface area (Å²) in [6.45, 7) is 6.38. The Balaban J connectivity index is 1.38. The van der Waals surface area contributed by atoms with Gasteiger partial charge in [0.15, 0.2) is 0 Å². The number of anilines is 1. The van der Waals surface area contributed by atoms with E-state index in [1.54, 1.807) is 22.4 Å². The van der Waals surface area contributed by atoms with Gasteiger partial charge in [0.2, 0.25) is 0 Å². The zero-order valence-corrected chi connectivity index (χ0v) is 20.9. The smallest absolute Gasteiger partial charge is 0.416 e. The monoisotopic (exact) mass is 517 g/mol. The van der Waals surface area contributed by atoms with Gasteiger partial charge in [-0.05, 0) is 62.1 Å². The fourth-order valence-corrected chi connectivity index (χ4v) is 4.61. The Kier molecular flexibility index (Phi) is 7.08. The summed E-state index contributed by atoms with van der Waals surface area (Å²) in [5.41, 5.74) is 1.64. The van der Waals surface area contributed by atoms with E-state index in [4.69, 9.17) is 4.74 Å². The summed E-state index contributed by atoms with van der Waals surface area (Å²) in [5, 5.41) is 5.01. The standard InChI is InChI=1S/C26H26F3N3O3S/c1-25(2,3)35-24(34)32-10-9-17-13-18(7-8-19(17)14-32)23(33)31-21-15-36-22(30-21)12-16-5-4-6-20(11-16)26(27,28)29/h4-8,11,13,15H,9-10,12,14H2,1-3H3,(H,31,33). The van der Waals surface area contributed by atoms with Gasteiger partial charge in [-0.25, -0.2) is 9.78 Å². The van der Waals surface area contributed by atoms with Crippen molar-refractivity contribution in [3.63, 3.8) is 0 Å². The minimum Gasteiger partial charge on any atom is -0.444 e. The molecule has 0 aliphatic carbocycles. The Labute approximate surface area is 211 Å². The molecule has 2 aromatic carbocycles. The highest BCUT2D eigenvalue weighted by atomic mass is 32.1. The number of hydrogen-bond donors (Lipinski definition) is 1. The van der Waals surface area contributed by atoms with Crippen molar-refractivity contribution >= 4 is 29.2 Å². The summed E-state index contributed by atoms with van der Waals surface area (Å²) in [6.07, 6.45) is -3.93. The molecule has 1 aliphatic rings. The number of nitrogens with zero attached hydrogens (tertiary/aromatic N) is 2. The third kappa shape index (κ3) is 6.42. The van der Waals surface area contributed by atoms with Crippen molar-refractivity contribution in [3.8, 4) is 0 Å². The summed E-state index contributed by atoms with van der Waals surface area (Å²) < 4.78 is 44.3. The Morgan fingerprint density at radius 1 is 1.11 bits per heavy atom. The topological polar surface area (TPSA) is 71.5 Å². The van der Waals surface area contributed by atoms with Crippen LogP contribution in [0.25, 0.3) is 0 Å². The van der Waals surface area contributed by atoms with Crippen molar-refractivity contribution in [2.45, 2.75) is 51.9 Å². The van der Waals surface area contributed by atoms with Crippen molar-refractivity contribution in [1.29, 1.82) is 0 Å². The molecule has 0 fully saturated rings. The molecule has 190 valence electrons. The fraction of sp³-hybridized carbons (Fsp3) is 0.346. The molecule has 4 rings (SSSR count). The molecule has 6 nitrogen and oxygen atoms in total. The first-order valence-electron chi connectivity index (χ1n) is 11.4. The number of amides is 2. The van der Waals surface area contributed by atoms with Crippen LogP contribution in [-0.2, 0) is 30.3 Å². The predicted octanol–water partition coefficient (Wildman–Crippen LogP) is 6.30. The lowest BCUT2D eigenvalue weighted by Gasteiger charge is -2.31. The molecule has 1 N–H and O–H groups in total. The maximum atomic E-state index is 13.0. The van der Waals surface area contributed by atoms with E-state index in [1.807, 2.05) is 32.9 Å². The van der Waals surface area contributed by atoms with E-state index in [0.717, 1.165) is 23.3 Å². The van der Waals surface area contributed by atoms with Crippen molar-refractivity contribution in [3.05, 3.63) is 80.7 Å². The van der Waals surface area contributed by atoms with E-state index in [1.165, 1.54) is 17.4 Å². The first-order valence-corrected chi connectivity index (χ1v) is 12.3. The number of carbonyl (C=O) groups is 2. The van der Waals surface area contributed by atoms with Crippen molar-refractivity contribution < 1.29 is 27.5 Å². The Hall–Kier alpha value is -3.40. The average molecular weight is 518 g/mol. The predicted molar refractivity (Wildman–Crippen MR) is 131 cm³/mol. The first kappa shape index (κ1) is 25.7. The summed E-state index contributed by atoms with van der Waals surface area (Å²) >= 11 is 1.27. The van der Waals surface area contributed by atoms with E-state index < -0.39 is 17.3 Å². The number of halogens is 3. The number of hydrogen-bond acceptors (Lipinski definition) is 5. The summed E-state index contributed by atoms with van der Waals surface area (Å²) in [5.74, 6) is 0.0177. The third-order valence-electron chi connectivity index (χ3n) is 5.54. The van der Waals surface area contributed by atoms with Gasteiger partial charge in [-0.15, -0.1) is 11.3 Å². The lowest BCUT2D eigenvalue weighted by molar-refractivity contribution is -0.137. The van der Waals surface area contributed by atoms with E-state index in [9.17, 15) is 22.8 Å². The molecule has 1 aromatic heterocycles. The highest BCUT2D eigenvalue weighted by molar-refractivity contribution is 7.10. The van der Waals surface area contributed by atoms with E-state index in [2.05, 4.69) is 10.3 Å².